The molecule has 3 heterocycles. The minimum absolute atomic E-state index is 0.197. The van der Waals surface area contributed by atoms with Gasteiger partial charge in [-0.1, -0.05) is 12.1 Å². The van der Waals surface area contributed by atoms with E-state index in [4.69, 9.17) is 10.4 Å². The van der Waals surface area contributed by atoms with E-state index in [0.717, 1.165) is 59.5 Å². The van der Waals surface area contributed by atoms with Crippen LogP contribution in [-0.2, 0) is 0 Å². The van der Waals surface area contributed by atoms with Crippen LogP contribution in [0.3, 0.4) is 0 Å². The highest BCUT2D eigenvalue weighted by Crippen LogP contribution is 2.39. The molecule has 0 unspecified atom stereocenters. The Labute approximate surface area is 186 Å². The molecule has 1 fully saturated rings. The molecular formula is C25H26N6O. The van der Waals surface area contributed by atoms with Gasteiger partial charge >= 0.3 is 0 Å². The molecule has 7 nitrogen and oxygen atoms in total. The number of nitrogens with one attached hydrogen (secondary N) is 3. The van der Waals surface area contributed by atoms with Gasteiger partial charge in [0, 0.05) is 60.0 Å². The predicted molar refractivity (Wildman–Crippen MR) is 129 cm³/mol. The summed E-state index contributed by atoms with van der Waals surface area (Å²) in [6.45, 7) is 7.76. The Bertz CT molecular complexity index is 1290. The molecule has 1 aliphatic rings. The number of phenols is 1. The number of rotatable bonds is 4. The maximum atomic E-state index is 9.74. The van der Waals surface area contributed by atoms with Gasteiger partial charge < -0.3 is 20.7 Å². The molecule has 4 N–H and O–H groups in total. The second-order valence-electron chi connectivity index (χ2n) is 8.21. The van der Waals surface area contributed by atoms with E-state index in [0.29, 0.717) is 17.1 Å². The molecule has 0 bridgehead atoms. The number of aryl methyl sites for hydroxylation is 1. The highest BCUT2D eigenvalue weighted by atomic mass is 16.3. The van der Waals surface area contributed by atoms with Gasteiger partial charge in [-0.2, -0.15) is 5.10 Å². The average Bonchev–Trinajstić information content (AvgIpc) is 3.19. The van der Waals surface area contributed by atoms with Gasteiger partial charge in [-0.25, -0.2) is 4.98 Å². The molecule has 5 rings (SSSR count). The van der Waals surface area contributed by atoms with Crippen molar-refractivity contribution in [3.8, 4) is 28.1 Å². The van der Waals surface area contributed by atoms with E-state index < -0.39 is 0 Å². The van der Waals surface area contributed by atoms with E-state index in [2.05, 4.69) is 44.7 Å². The lowest BCUT2D eigenvalue weighted by Crippen LogP contribution is -2.43. The van der Waals surface area contributed by atoms with E-state index in [1.54, 1.807) is 19.1 Å². The van der Waals surface area contributed by atoms with Crippen LogP contribution < -0.4 is 10.2 Å². The van der Waals surface area contributed by atoms with Crippen LogP contribution in [0.4, 0.5) is 5.69 Å². The number of benzene rings is 2. The lowest BCUT2D eigenvalue weighted by atomic mass is 9.90. The van der Waals surface area contributed by atoms with E-state index >= 15 is 0 Å². The van der Waals surface area contributed by atoms with Crippen LogP contribution in [0.15, 0.2) is 48.5 Å². The van der Waals surface area contributed by atoms with Gasteiger partial charge in [0.25, 0.3) is 0 Å². The number of aromatic hydroxyl groups is 1. The van der Waals surface area contributed by atoms with Crippen LogP contribution >= 0.6 is 0 Å². The van der Waals surface area contributed by atoms with Crippen molar-refractivity contribution in [2.75, 3.05) is 31.1 Å². The first-order chi connectivity index (χ1) is 15.5. The van der Waals surface area contributed by atoms with E-state index in [-0.39, 0.29) is 5.75 Å². The fourth-order valence-electron chi connectivity index (χ4n) is 4.45. The zero-order valence-electron chi connectivity index (χ0n) is 18.2. The summed E-state index contributed by atoms with van der Waals surface area (Å²) in [6, 6.07) is 15.5. The summed E-state index contributed by atoms with van der Waals surface area (Å²) >= 11 is 0. The average molecular weight is 427 g/mol. The summed E-state index contributed by atoms with van der Waals surface area (Å²) < 4.78 is 0. The lowest BCUT2D eigenvalue weighted by Gasteiger charge is -2.29. The minimum Gasteiger partial charge on any atom is -0.508 e. The van der Waals surface area contributed by atoms with Crippen molar-refractivity contribution < 1.29 is 5.11 Å². The van der Waals surface area contributed by atoms with Crippen molar-refractivity contribution in [3.63, 3.8) is 0 Å². The number of aromatic nitrogens is 3. The van der Waals surface area contributed by atoms with Crippen molar-refractivity contribution in [1.82, 2.24) is 20.5 Å². The lowest BCUT2D eigenvalue weighted by molar-refractivity contribution is 0.475. The summed E-state index contributed by atoms with van der Waals surface area (Å²) in [5, 5.41) is 30.2. The minimum atomic E-state index is 0.197. The van der Waals surface area contributed by atoms with Gasteiger partial charge in [0.05, 0.1) is 11.1 Å². The molecular weight excluding hydrogens is 400 g/mol. The molecule has 32 heavy (non-hydrogen) atoms. The van der Waals surface area contributed by atoms with Gasteiger partial charge in [-0.05, 0) is 55.8 Å². The van der Waals surface area contributed by atoms with Crippen LogP contribution in [0.1, 0.15) is 18.2 Å². The van der Waals surface area contributed by atoms with Gasteiger partial charge in [0.2, 0.25) is 0 Å². The van der Waals surface area contributed by atoms with Crippen molar-refractivity contribution in [2.45, 2.75) is 13.8 Å². The molecule has 1 saturated heterocycles. The van der Waals surface area contributed by atoms with Crippen molar-refractivity contribution >= 4 is 22.4 Å². The number of fused-ring (bicyclic) bond motifs is 1. The standard InChI is InChI=1S/C25H26N6O/c1-15(26)21-23(17-3-7-19(8-4-17)31-13-11-27-12-14-31)22-16(2)29-30-25(22)28-24(21)18-5-9-20(32)10-6-18/h3-10,26-27,32H,11-14H2,1-2H3,(H,28,29,30). The molecule has 2 aromatic carbocycles. The summed E-state index contributed by atoms with van der Waals surface area (Å²) in [7, 11) is 0. The SMILES string of the molecule is CC(=N)c1c(-c2ccc(O)cc2)nc2n[nH]c(C)c2c1-c1ccc(N2CCNCC2)cc1. The number of H-pyrrole nitrogens is 1. The first kappa shape index (κ1) is 20.2. The molecule has 2 aromatic heterocycles. The van der Waals surface area contributed by atoms with Crippen LogP contribution in [0.2, 0.25) is 0 Å². The zero-order valence-corrected chi connectivity index (χ0v) is 18.2. The first-order valence-electron chi connectivity index (χ1n) is 10.8. The molecule has 0 aliphatic carbocycles. The van der Waals surface area contributed by atoms with Crippen LogP contribution in [0.5, 0.6) is 5.75 Å². The molecule has 0 atom stereocenters. The van der Waals surface area contributed by atoms with Gasteiger partial charge in [0.15, 0.2) is 5.65 Å². The Balaban J connectivity index is 1.72. The molecule has 0 radical (unpaired) electrons. The molecule has 0 amide bonds. The topological polar surface area (TPSA) is 101 Å². The van der Waals surface area contributed by atoms with Crippen LogP contribution in [0.25, 0.3) is 33.4 Å². The quantitative estimate of drug-likeness (QED) is 0.368. The Kier molecular flexibility index (Phi) is 5.11. The predicted octanol–water partition coefficient (Wildman–Crippen LogP) is 4.10. The highest BCUT2D eigenvalue weighted by molar-refractivity contribution is 6.14. The Morgan fingerprint density at radius 1 is 1.00 bits per heavy atom. The van der Waals surface area contributed by atoms with E-state index in [9.17, 15) is 5.11 Å². The zero-order chi connectivity index (χ0) is 22.2. The van der Waals surface area contributed by atoms with E-state index in [1.165, 1.54) is 5.69 Å². The van der Waals surface area contributed by atoms with Gasteiger partial charge in [-0.15, -0.1) is 0 Å². The smallest absolute Gasteiger partial charge is 0.182 e. The fraction of sp³-hybridized carbons (Fsp3) is 0.240. The Morgan fingerprint density at radius 2 is 1.66 bits per heavy atom. The molecule has 7 heteroatoms. The maximum absolute atomic E-state index is 9.74. The summed E-state index contributed by atoms with van der Waals surface area (Å²) in [5.41, 5.74) is 7.49. The normalized spacial score (nSPS) is 14.1. The maximum Gasteiger partial charge on any atom is 0.182 e. The molecule has 4 aromatic rings. The third kappa shape index (κ3) is 3.50. The number of hydrogen-bond acceptors (Lipinski definition) is 6. The van der Waals surface area contributed by atoms with Crippen LogP contribution in [0, 0.1) is 12.3 Å². The second kappa shape index (κ2) is 8.09. The molecule has 162 valence electrons. The first-order valence-corrected chi connectivity index (χ1v) is 10.8. The Hall–Kier alpha value is -3.71. The third-order valence-electron chi connectivity index (χ3n) is 6.04. The monoisotopic (exact) mass is 426 g/mol. The molecule has 1 aliphatic heterocycles. The summed E-state index contributed by atoms with van der Waals surface area (Å²) in [4.78, 5) is 7.20. The third-order valence-corrected chi connectivity index (χ3v) is 6.04. The largest absolute Gasteiger partial charge is 0.508 e. The van der Waals surface area contributed by atoms with Crippen molar-refractivity contribution in [3.05, 3.63) is 59.8 Å². The number of aromatic amines is 1. The van der Waals surface area contributed by atoms with Crippen LogP contribution in [-0.4, -0.2) is 52.2 Å². The number of anilines is 1. The molecule has 0 spiro atoms. The van der Waals surface area contributed by atoms with Gasteiger partial charge in [-0.3, -0.25) is 5.10 Å². The van der Waals surface area contributed by atoms with E-state index in [1.807, 2.05) is 19.1 Å². The van der Waals surface area contributed by atoms with Gasteiger partial charge in [0.1, 0.15) is 5.75 Å². The number of pyridine rings is 1. The Morgan fingerprint density at radius 3 is 2.31 bits per heavy atom. The summed E-state index contributed by atoms with van der Waals surface area (Å²) in [6.07, 6.45) is 0. The second-order valence-corrected chi connectivity index (χ2v) is 8.21. The fourth-order valence-corrected chi connectivity index (χ4v) is 4.45. The number of nitrogens with zero attached hydrogens (tertiary/aromatic N) is 3. The number of piperazine rings is 1. The number of phenolic OH excluding ortho intramolecular Hbond substituents is 1. The number of hydrogen-bond donors (Lipinski definition) is 4. The highest BCUT2D eigenvalue weighted by Gasteiger charge is 2.22. The molecule has 0 saturated carbocycles. The summed E-state index contributed by atoms with van der Waals surface area (Å²) in [5.74, 6) is 0.197. The van der Waals surface area contributed by atoms with Crippen molar-refractivity contribution in [2.24, 2.45) is 0 Å². The van der Waals surface area contributed by atoms with Crippen molar-refractivity contribution in [1.29, 1.82) is 5.41 Å².